The molecule has 29 heavy (non-hydrogen) atoms. The monoisotopic (exact) mass is 381 g/mol. The molecule has 2 aliphatic heterocycles. The Morgan fingerprint density at radius 1 is 0.793 bits per heavy atom. The average molecular weight is 382 g/mol. The van der Waals surface area contributed by atoms with E-state index in [0.29, 0.717) is 6.04 Å². The topological polar surface area (TPSA) is 27.6 Å². The second-order valence-corrected chi connectivity index (χ2v) is 8.02. The van der Waals surface area contributed by atoms with Gasteiger partial charge in [0.05, 0.1) is 18.1 Å². The van der Waals surface area contributed by atoms with Gasteiger partial charge in [0.15, 0.2) is 0 Å². The molecule has 146 valence electrons. The van der Waals surface area contributed by atoms with Crippen molar-refractivity contribution in [3.05, 3.63) is 108 Å². The fourth-order valence-electron chi connectivity index (χ4n) is 4.59. The molecule has 0 saturated carbocycles. The number of nitrogens with zero attached hydrogens (tertiary/aromatic N) is 2. The average Bonchev–Trinajstić information content (AvgIpc) is 2.80. The van der Waals surface area contributed by atoms with Gasteiger partial charge in [0.1, 0.15) is 5.84 Å². The summed E-state index contributed by atoms with van der Waals surface area (Å²) in [4.78, 5) is 7.77. The van der Waals surface area contributed by atoms with Crippen LogP contribution >= 0.6 is 0 Å². The summed E-state index contributed by atoms with van der Waals surface area (Å²) in [6.07, 6.45) is 2.04. The van der Waals surface area contributed by atoms with Gasteiger partial charge in [-0.25, -0.2) is 0 Å². The number of nitrogens with one attached hydrogen (secondary N) is 1. The van der Waals surface area contributed by atoms with E-state index in [4.69, 9.17) is 4.99 Å². The van der Waals surface area contributed by atoms with Crippen molar-refractivity contribution in [1.82, 2.24) is 10.2 Å². The van der Waals surface area contributed by atoms with Gasteiger partial charge >= 0.3 is 0 Å². The van der Waals surface area contributed by atoms with E-state index >= 15 is 0 Å². The molecule has 5 rings (SSSR count). The fourth-order valence-corrected chi connectivity index (χ4v) is 4.59. The lowest BCUT2D eigenvalue weighted by Gasteiger charge is -2.44. The van der Waals surface area contributed by atoms with Crippen molar-refractivity contribution in [2.75, 3.05) is 13.1 Å². The van der Waals surface area contributed by atoms with Crippen LogP contribution in [0.2, 0.25) is 0 Å². The predicted octanol–water partition coefficient (Wildman–Crippen LogP) is 4.79. The highest BCUT2D eigenvalue weighted by Gasteiger charge is 2.35. The van der Waals surface area contributed by atoms with Crippen LogP contribution in [0.25, 0.3) is 0 Å². The van der Waals surface area contributed by atoms with E-state index in [0.717, 1.165) is 25.9 Å². The third-order valence-corrected chi connectivity index (χ3v) is 6.07. The van der Waals surface area contributed by atoms with Gasteiger partial charge in [0.25, 0.3) is 0 Å². The van der Waals surface area contributed by atoms with E-state index in [9.17, 15) is 0 Å². The number of benzene rings is 3. The van der Waals surface area contributed by atoms with Crippen molar-refractivity contribution in [2.24, 2.45) is 4.99 Å². The summed E-state index contributed by atoms with van der Waals surface area (Å²) in [5, 5.41) is 3.92. The molecule has 1 N–H and O–H groups in total. The Morgan fingerprint density at radius 3 is 2.10 bits per heavy atom. The van der Waals surface area contributed by atoms with E-state index in [2.05, 4.69) is 101 Å². The van der Waals surface area contributed by atoms with E-state index in [1.807, 2.05) is 0 Å². The highest BCUT2D eigenvalue weighted by molar-refractivity contribution is 5.89. The molecule has 3 nitrogen and oxygen atoms in total. The fraction of sp³-hybridized carbons (Fsp3) is 0.269. The first-order chi connectivity index (χ1) is 14.4. The van der Waals surface area contributed by atoms with Crippen LogP contribution in [0.3, 0.4) is 0 Å². The number of piperazine rings is 1. The summed E-state index contributed by atoms with van der Waals surface area (Å²) in [7, 11) is 0. The van der Waals surface area contributed by atoms with Crippen LogP contribution in [-0.2, 0) is 6.42 Å². The lowest BCUT2D eigenvalue weighted by atomic mass is 9.94. The van der Waals surface area contributed by atoms with Gasteiger partial charge in [-0.05, 0) is 29.5 Å². The number of rotatable bonds is 4. The predicted molar refractivity (Wildman–Crippen MR) is 119 cm³/mol. The van der Waals surface area contributed by atoms with Crippen LogP contribution in [0.5, 0.6) is 0 Å². The SMILES string of the molecule is c1ccc(CC2NC(c3ccccc3)CN3CCC(c4ccccc4)N=C23)cc1. The molecule has 3 atom stereocenters. The minimum atomic E-state index is 0.225. The lowest BCUT2D eigenvalue weighted by Crippen LogP contribution is -2.58. The molecule has 0 spiro atoms. The summed E-state index contributed by atoms with van der Waals surface area (Å²) in [6, 6.07) is 33.1. The van der Waals surface area contributed by atoms with Crippen molar-refractivity contribution < 1.29 is 0 Å². The quantitative estimate of drug-likeness (QED) is 0.704. The first-order valence-corrected chi connectivity index (χ1v) is 10.6. The molecule has 3 heteroatoms. The van der Waals surface area contributed by atoms with Crippen LogP contribution in [0.1, 0.15) is 35.2 Å². The Hall–Kier alpha value is -2.91. The van der Waals surface area contributed by atoms with E-state index in [1.54, 1.807) is 0 Å². The highest BCUT2D eigenvalue weighted by atomic mass is 15.3. The second-order valence-electron chi connectivity index (χ2n) is 8.02. The van der Waals surface area contributed by atoms with Crippen molar-refractivity contribution >= 4 is 5.84 Å². The van der Waals surface area contributed by atoms with Crippen LogP contribution < -0.4 is 5.32 Å². The van der Waals surface area contributed by atoms with Gasteiger partial charge in [-0.3, -0.25) is 10.3 Å². The Morgan fingerprint density at radius 2 is 1.41 bits per heavy atom. The molecule has 0 radical (unpaired) electrons. The van der Waals surface area contributed by atoms with E-state index < -0.39 is 0 Å². The Bertz CT molecular complexity index is 953. The molecule has 3 unspecified atom stereocenters. The molecule has 2 heterocycles. The number of hydrogen-bond acceptors (Lipinski definition) is 3. The summed E-state index contributed by atoms with van der Waals surface area (Å²) in [5.74, 6) is 1.22. The minimum Gasteiger partial charge on any atom is -0.357 e. The van der Waals surface area contributed by atoms with Crippen molar-refractivity contribution in [3.8, 4) is 0 Å². The third kappa shape index (κ3) is 3.96. The van der Waals surface area contributed by atoms with Crippen molar-refractivity contribution in [3.63, 3.8) is 0 Å². The van der Waals surface area contributed by atoms with Crippen molar-refractivity contribution in [1.29, 1.82) is 0 Å². The van der Waals surface area contributed by atoms with Crippen LogP contribution in [0.15, 0.2) is 96.0 Å². The van der Waals surface area contributed by atoms with Gasteiger partial charge in [0, 0.05) is 13.1 Å². The summed E-state index contributed by atoms with van der Waals surface area (Å²) >= 11 is 0. The summed E-state index contributed by atoms with van der Waals surface area (Å²) in [5.41, 5.74) is 4.03. The van der Waals surface area contributed by atoms with Gasteiger partial charge in [0.2, 0.25) is 0 Å². The third-order valence-electron chi connectivity index (χ3n) is 6.07. The van der Waals surface area contributed by atoms with Crippen LogP contribution in [0.4, 0.5) is 0 Å². The Balaban J connectivity index is 1.47. The first-order valence-electron chi connectivity index (χ1n) is 10.6. The molecule has 0 aromatic heterocycles. The molecular weight excluding hydrogens is 354 g/mol. The van der Waals surface area contributed by atoms with Gasteiger partial charge < -0.3 is 4.90 Å². The van der Waals surface area contributed by atoms with Gasteiger partial charge in [-0.1, -0.05) is 91.0 Å². The zero-order valence-corrected chi connectivity index (χ0v) is 16.6. The maximum absolute atomic E-state index is 5.26. The maximum Gasteiger partial charge on any atom is 0.117 e. The minimum absolute atomic E-state index is 0.225. The van der Waals surface area contributed by atoms with Crippen molar-refractivity contribution in [2.45, 2.75) is 31.0 Å². The second kappa shape index (κ2) is 8.22. The Labute approximate surface area is 173 Å². The zero-order chi connectivity index (χ0) is 19.5. The molecule has 0 bridgehead atoms. The number of hydrogen-bond donors (Lipinski definition) is 1. The molecule has 3 aromatic rings. The smallest absolute Gasteiger partial charge is 0.117 e. The number of amidine groups is 1. The number of aliphatic imine (C=N–C) groups is 1. The molecular formula is C26H27N3. The largest absolute Gasteiger partial charge is 0.357 e. The van der Waals surface area contributed by atoms with Crippen LogP contribution in [0, 0.1) is 0 Å². The van der Waals surface area contributed by atoms with E-state index in [1.165, 1.54) is 22.5 Å². The molecule has 2 aliphatic rings. The first kappa shape index (κ1) is 18.1. The molecule has 1 fully saturated rings. The zero-order valence-electron chi connectivity index (χ0n) is 16.6. The molecule has 1 saturated heterocycles. The Kier molecular flexibility index (Phi) is 5.14. The van der Waals surface area contributed by atoms with Gasteiger partial charge in [-0.2, -0.15) is 0 Å². The summed E-state index contributed by atoms with van der Waals surface area (Å²) < 4.78 is 0. The van der Waals surface area contributed by atoms with Gasteiger partial charge in [-0.15, -0.1) is 0 Å². The standard InChI is InChI=1S/C26H27N3/c1-4-10-20(11-5-1)18-24-26-28-23(21-12-6-2-7-13-21)16-17-29(26)19-25(27-24)22-14-8-3-9-15-22/h1-15,23-25,27H,16-19H2. The number of fused-ring (bicyclic) bond motifs is 1. The molecule has 0 aliphatic carbocycles. The molecule has 3 aromatic carbocycles. The normalized spacial score (nSPS) is 23.9. The lowest BCUT2D eigenvalue weighted by molar-refractivity contribution is 0.264. The summed E-state index contributed by atoms with van der Waals surface area (Å²) in [6.45, 7) is 2.05. The van der Waals surface area contributed by atoms with E-state index in [-0.39, 0.29) is 12.1 Å². The highest BCUT2D eigenvalue weighted by Crippen LogP contribution is 2.31. The van der Waals surface area contributed by atoms with Crippen LogP contribution in [-0.4, -0.2) is 29.9 Å². The molecule has 0 amide bonds. The maximum atomic E-state index is 5.26.